The maximum absolute atomic E-state index is 11.0. The topological polar surface area (TPSA) is 72.3 Å². The lowest BCUT2D eigenvalue weighted by Gasteiger charge is -2.09. The van der Waals surface area contributed by atoms with Crippen LogP contribution < -0.4 is 4.74 Å². The van der Waals surface area contributed by atoms with Crippen LogP contribution in [-0.2, 0) is 0 Å². The maximum Gasteiger partial charge on any atom is 0.336 e. The molecule has 0 atom stereocenters. The van der Waals surface area contributed by atoms with Crippen molar-refractivity contribution in [2.75, 3.05) is 0 Å². The summed E-state index contributed by atoms with van der Waals surface area (Å²) < 4.78 is 5.54. The highest BCUT2D eigenvalue weighted by Gasteiger charge is 2.11. The molecular formula is C13H12N2O3. The van der Waals surface area contributed by atoms with Crippen LogP contribution >= 0.6 is 0 Å². The van der Waals surface area contributed by atoms with E-state index < -0.39 is 5.97 Å². The number of hydrogen-bond donors (Lipinski definition) is 1. The fraction of sp³-hybridized carbons (Fsp3) is 0.154. The second kappa shape index (κ2) is 4.83. The zero-order valence-corrected chi connectivity index (χ0v) is 10.0. The van der Waals surface area contributed by atoms with Crippen LogP contribution in [0.3, 0.4) is 0 Å². The number of carbonyl (C=O) groups is 1. The van der Waals surface area contributed by atoms with Crippen LogP contribution in [0.25, 0.3) is 0 Å². The molecule has 0 aliphatic rings. The highest BCUT2D eigenvalue weighted by Crippen LogP contribution is 2.25. The summed E-state index contributed by atoms with van der Waals surface area (Å²) in [6.45, 7) is 3.57. The Bertz CT molecular complexity index is 597. The number of nitrogens with zero attached hydrogens (tertiary/aromatic N) is 2. The van der Waals surface area contributed by atoms with Gasteiger partial charge in [-0.05, 0) is 31.5 Å². The molecular weight excluding hydrogens is 232 g/mol. The average molecular weight is 244 g/mol. The summed E-state index contributed by atoms with van der Waals surface area (Å²) in [7, 11) is 0. The van der Waals surface area contributed by atoms with E-state index in [2.05, 4.69) is 10.2 Å². The zero-order chi connectivity index (χ0) is 13.1. The molecule has 1 heterocycles. The van der Waals surface area contributed by atoms with Gasteiger partial charge in [-0.3, -0.25) is 0 Å². The minimum atomic E-state index is -0.978. The van der Waals surface area contributed by atoms with Gasteiger partial charge < -0.3 is 9.84 Å². The quantitative estimate of drug-likeness (QED) is 0.898. The summed E-state index contributed by atoms with van der Waals surface area (Å²) in [4.78, 5) is 11.0. The van der Waals surface area contributed by atoms with Crippen LogP contribution in [0, 0.1) is 13.8 Å². The van der Waals surface area contributed by atoms with E-state index in [1.165, 1.54) is 6.07 Å². The molecule has 0 saturated carbocycles. The van der Waals surface area contributed by atoms with Crippen LogP contribution in [0.1, 0.15) is 21.5 Å². The molecule has 92 valence electrons. The lowest BCUT2D eigenvalue weighted by Crippen LogP contribution is -2.01. The average Bonchev–Trinajstić information content (AvgIpc) is 2.31. The molecule has 2 aromatic rings. The van der Waals surface area contributed by atoms with Gasteiger partial charge in [-0.2, -0.15) is 5.10 Å². The van der Waals surface area contributed by atoms with Gasteiger partial charge in [-0.25, -0.2) is 4.79 Å². The van der Waals surface area contributed by atoms with Crippen molar-refractivity contribution in [1.82, 2.24) is 10.2 Å². The number of hydrogen-bond acceptors (Lipinski definition) is 4. The van der Waals surface area contributed by atoms with Crippen molar-refractivity contribution in [3.8, 4) is 11.6 Å². The molecule has 0 bridgehead atoms. The monoisotopic (exact) mass is 244 g/mol. The summed E-state index contributed by atoms with van der Waals surface area (Å²) in [5.74, 6) is -0.163. The highest BCUT2D eigenvalue weighted by atomic mass is 16.5. The number of rotatable bonds is 3. The summed E-state index contributed by atoms with van der Waals surface area (Å²) >= 11 is 0. The molecule has 0 amide bonds. The smallest absolute Gasteiger partial charge is 0.336 e. The maximum atomic E-state index is 11.0. The number of benzene rings is 1. The fourth-order valence-corrected chi connectivity index (χ4v) is 1.56. The van der Waals surface area contributed by atoms with E-state index >= 15 is 0 Å². The van der Waals surface area contributed by atoms with Crippen molar-refractivity contribution in [2.45, 2.75) is 13.8 Å². The first kappa shape index (κ1) is 12.0. The minimum Gasteiger partial charge on any atom is -0.478 e. The van der Waals surface area contributed by atoms with E-state index in [9.17, 15) is 4.79 Å². The van der Waals surface area contributed by atoms with Crippen LogP contribution in [0.15, 0.2) is 30.5 Å². The molecule has 0 unspecified atom stereocenters. The molecule has 1 aromatic carbocycles. The van der Waals surface area contributed by atoms with Crippen molar-refractivity contribution in [3.63, 3.8) is 0 Å². The second-order valence-corrected chi connectivity index (χ2v) is 3.91. The number of carboxylic acids is 1. The molecule has 0 fully saturated rings. The number of aromatic carboxylic acids is 1. The van der Waals surface area contributed by atoms with E-state index in [1.807, 2.05) is 6.92 Å². The Morgan fingerprint density at radius 1 is 1.33 bits per heavy atom. The van der Waals surface area contributed by atoms with Crippen LogP contribution in [0.4, 0.5) is 0 Å². The molecule has 18 heavy (non-hydrogen) atoms. The third-order valence-corrected chi connectivity index (χ3v) is 2.50. The van der Waals surface area contributed by atoms with Crippen molar-refractivity contribution < 1.29 is 14.6 Å². The van der Waals surface area contributed by atoms with E-state index in [0.29, 0.717) is 17.2 Å². The summed E-state index contributed by atoms with van der Waals surface area (Å²) in [5.41, 5.74) is 1.70. The zero-order valence-electron chi connectivity index (χ0n) is 10.0. The highest BCUT2D eigenvalue weighted by molar-refractivity contribution is 5.90. The Kier molecular flexibility index (Phi) is 3.23. The summed E-state index contributed by atoms with van der Waals surface area (Å²) in [6.07, 6.45) is 1.62. The standard InChI is InChI=1S/C13H12N2O3/c1-8-6-12(15-14-7-8)18-11-5-3-4-10(9(11)2)13(16)17/h3-7H,1-2H3,(H,16,17). The first-order chi connectivity index (χ1) is 8.58. The van der Waals surface area contributed by atoms with E-state index in [1.54, 1.807) is 31.3 Å². The normalized spacial score (nSPS) is 10.1. The largest absolute Gasteiger partial charge is 0.478 e. The summed E-state index contributed by atoms with van der Waals surface area (Å²) in [5, 5.41) is 16.6. The van der Waals surface area contributed by atoms with E-state index in [0.717, 1.165) is 5.56 Å². The Morgan fingerprint density at radius 2 is 2.11 bits per heavy atom. The second-order valence-electron chi connectivity index (χ2n) is 3.91. The molecule has 1 N–H and O–H groups in total. The Labute approximate surface area is 104 Å². The molecule has 5 heteroatoms. The van der Waals surface area contributed by atoms with Crippen molar-refractivity contribution in [1.29, 1.82) is 0 Å². The summed E-state index contributed by atoms with van der Waals surface area (Å²) in [6, 6.07) is 6.60. The predicted molar refractivity (Wildman–Crippen MR) is 65.0 cm³/mol. The van der Waals surface area contributed by atoms with Gasteiger partial charge in [0.1, 0.15) is 5.75 Å². The number of aryl methyl sites for hydroxylation is 1. The van der Waals surface area contributed by atoms with Gasteiger partial charge in [-0.15, -0.1) is 5.10 Å². The van der Waals surface area contributed by atoms with Crippen molar-refractivity contribution in [2.24, 2.45) is 0 Å². The third kappa shape index (κ3) is 2.45. The van der Waals surface area contributed by atoms with Crippen molar-refractivity contribution in [3.05, 3.63) is 47.2 Å². The molecule has 0 radical (unpaired) electrons. The SMILES string of the molecule is Cc1cnnc(Oc2cccc(C(=O)O)c2C)c1. The van der Waals surface area contributed by atoms with Crippen LogP contribution in [0.5, 0.6) is 11.6 Å². The molecule has 2 rings (SSSR count). The molecule has 0 aliphatic carbocycles. The number of carboxylic acid groups (broad SMARTS) is 1. The van der Waals surface area contributed by atoms with Crippen LogP contribution in [-0.4, -0.2) is 21.3 Å². The Morgan fingerprint density at radius 3 is 2.78 bits per heavy atom. The molecule has 0 spiro atoms. The first-order valence-electron chi connectivity index (χ1n) is 5.38. The lowest BCUT2D eigenvalue weighted by atomic mass is 10.1. The Hall–Kier alpha value is -2.43. The molecule has 5 nitrogen and oxygen atoms in total. The number of aromatic nitrogens is 2. The molecule has 1 aromatic heterocycles. The van der Waals surface area contributed by atoms with E-state index in [-0.39, 0.29) is 5.56 Å². The van der Waals surface area contributed by atoms with Gasteiger partial charge in [0.2, 0.25) is 5.88 Å². The fourth-order valence-electron chi connectivity index (χ4n) is 1.56. The van der Waals surface area contributed by atoms with Gasteiger partial charge in [0, 0.05) is 11.6 Å². The molecule has 0 saturated heterocycles. The van der Waals surface area contributed by atoms with Crippen LogP contribution in [0.2, 0.25) is 0 Å². The van der Waals surface area contributed by atoms with Gasteiger partial charge >= 0.3 is 5.97 Å². The first-order valence-corrected chi connectivity index (χ1v) is 5.38. The molecule has 0 aliphatic heterocycles. The minimum absolute atomic E-state index is 0.216. The lowest BCUT2D eigenvalue weighted by molar-refractivity contribution is 0.0695. The third-order valence-electron chi connectivity index (χ3n) is 2.50. The van der Waals surface area contributed by atoms with Gasteiger partial charge in [-0.1, -0.05) is 6.07 Å². The van der Waals surface area contributed by atoms with E-state index in [4.69, 9.17) is 9.84 Å². The Balaban J connectivity index is 2.35. The predicted octanol–water partition coefficient (Wildman–Crippen LogP) is 2.58. The van der Waals surface area contributed by atoms with Gasteiger partial charge in [0.05, 0.1) is 11.8 Å². The number of ether oxygens (including phenoxy) is 1. The van der Waals surface area contributed by atoms with Gasteiger partial charge in [0.15, 0.2) is 0 Å². The van der Waals surface area contributed by atoms with Gasteiger partial charge in [0.25, 0.3) is 0 Å². The van der Waals surface area contributed by atoms with Crippen molar-refractivity contribution >= 4 is 5.97 Å².